The molecule has 0 radical (unpaired) electrons. The number of nitrogens with one attached hydrogen (secondary N) is 2. The largest absolute Gasteiger partial charge is 0.483 e. The summed E-state index contributed by atoms with van der Waals surface area (Å²) in [6, 6.07) is 7.82. The van der Waals surface area contributed by atoms with Gasteiger partial charge in [-0.15, -0.1) is 0 Å². The van der Waals surface area contributed by atoms with Crippen molar-refractivity contribution in [2.24, 2.45) is 0 Å². The minimum atomic E-state index is -0.924. The van der Waals surface area contributed by atoms with Crippen LogP contribution in [0.25, 0.3) is 11.3 Å². The molecule has 12 heteroatoms. The molecule has 0 saturated heterocycles. The second kappa shape index (κ2) is 10.7. The Morgan fingerprint density at radius 3 is 2.97 bits per heavy atom. The first-order valence-corrected chi connectivity index (χ1v) is 12.7. The third-order valence-corrected chi connectivity index (χ3v) is 6.68. The van der Waals surface area contributed by atoms with Crippen LogP contribution in [-0.4, -0.2) is 50.6 Å². The molecular weight excluding hydrogens is 479 g/mol. The fourth-order valence-corrected chi connectivity index (χ4v) is 4.72. The number of hydrogen-bond acceptors (Lipinski definition) is 8. The number of rotatable bonds is 7. The molecule has 10 nitrogen and oxygen atoms in total. The first-order valence-electron chi connectivity index (χ1n) is 11.9. The molecule has 2 aromatic heterocycles. The summed E-state index contributed by atoms with van der Waals surface area (Å²) in [5.74, 6) is 1.52. The van der Waals surface area contributed by atoms with Crippen LogP contribution in [0.3, 0.4) is 0 Å². The average Bonchev–Trinajstić information content (AvgIpc) is 3.55. The number of anilines is 1. The molecule has 1 aliphatic carbocycles. The molecule has 0 fully saturated rings. The Morgan fingerprint density at radius 2 is 2.19 bits per heavy atom. The number of amides is 2. The fraction of sp³-hybridized carbons (Fsp3) is 0.333. The van der Waals surface area contributed by atoms with Gasteiger partial charge in [0.2, 0.25) is 0 Å². The zero-order valence-electron chi connectivity index (χ0n) is 20.0. The lowest BCUT2D eigenvalue weighted by Gasteiger charge is -2.19. The lowest BCUT2D eigenvalue weighted by molar-refractivity contribution is 0.133. The van der Waals surface area contributed by atoms with E-state index in [1.165, 1.54) is 23.5 Å². The van der Waals surface area contributed by atoms with E-state index in [2.05, 4.69) is 31.2 Å². The van der Waals surface area contributed by atoms with Crippen molar-refractivity contribution in [3.8, 4) is 17.3 Å². The molecule has 3 heterocycles. The molecule has 5 rings (SSSR count). The van der Waals surface area contributed by atoms with Crippen molar-refractivity contribution in [3.63, 3.8) is 0 Å². The molecule has 3 aromatic rings. The Kier molecular flexibility index (Phi) is 7.26. The minimum Gasteiger partial charge on any atom is -0.454 e. The van der Waals surface area contributed by atoms with E-state index < -0.39 is 13.2 Å². The molecule has 2 amide bonds. The summed E-state index contributed by atoms with van der Waals surface area (Å²) in [7, 11) is -0.924. The third-order valence-electron chi connectivity index (χ3n) is 5.97. The minimum absolute atomic E-state index is 0.189. The van der Waals surface area contributed by atoms with Crippen LogP contribution in [0.5, 0.6) is 6.01 Å². The summed E-state index contributed by atoms with van der Waals surface area (Å²) in [6.07, 6.45) is 7.73. The SMILES string of the molecule is CC(C)n1ccc(SNC(=O)Nc2c(-c3ccnc(OC4C=CB(O)OC4)n3)ccc3c2CCC3)n1. The van der Waals surface area contributed by atoms with Crippen LogP contribution in [0, 0.1) is 0 Å². The first kappa shape index (κ1) is 24.4. The van der Waals surface area contributed by atoms with Crippen molar-refractivity contribution >= 4 is 30.8 Å². The highest BCUT2D eigenvalue weighted by Gasteiger charge is 2.23. The van der Waals surface area contributed by atoms with Crippen LogP contribution in [0.2, 0.25) is 0 Å². The van der Waals surface area contributed by atoms with E-state index >= 15 is 0 Å². The summed E-state index contributed by atoms with van der Waals surface area (Å²) >= 11 is 1.17. The molecule has 1 aliphatic heterocycles. The van der Waals surface area contributed by atoms with Crippen LogP contribution in [0.4, 0.5) is 10.5 Å². The fourth-order valence-electron chi connectivity index (χ4n) is 4.20. The van der Waals surface area contributed by atoms with Gasteiger partial charge < -0.3 is 19.7 Å². The monoisotopic (exact) mass is 506 g/mol. The smallest absolute Gasteiger partial charge is 0.454 e. The van der Waals surface area contributed by atoms with Crippen molar-refractivity contribution in [2.45, 2.75) is 50.3 Å². The van der Waals surface area contributed by atoms with Crippen molar-refractivity contribution < 1.29 is 19.2 Å². The highest BCUT2D eigenvalue weighted by atomic mass is 32.2. The molecule has 0 spiro atoms. The number of nitrogens with zero attached hydrogens (tertiary/aromatic N) is 4. The third kappa shape index (κ3) is 5.56. The van der Waals surface area contributed by atoms with Gasteiger partial charge in [-0.2, -0.15) is 10.1 Å². The summed E-state index contributed by atoms with van der Waals surface area (Å²) in [5, 5.41) is 17.7. The van der Waals surface area contributed by atoms with Crippen molar-refractivity contribution in [1.29, 1.82) is 0 Å². The standard InChI is InChI=1S/C24H27BN6O4S/c1-15(2)31-13-10-21(29-31)36-30-23(32)28-22-18-5-3-4-16(18)6-7-19(22)20-9-12-26-24(27-20)35-17-8-11-25(33)34-14-17/h6-13,15,17,33H,3-5,14H2,1-2H3,(H2,28,30,32). The average molecular weight is 506 g/mol. The topological polar surface area (TPSA) is 123 Å². The second-order valence-electron chi connectivity index (χ2n) is 8.85. The Balaban J connectivity index is 1.35. The van der Waals surface area contributed by atoms with Gasteiger partial charge in [-0.05, 0) is 62.4 Å². The lowest BCUT2D eigenvalue weighted by atomic mass is 9.88. The van der Waals surface area contributed by atoms with Crippen molar-refractivity contribution in [3.05, 3.63) is 59.8 Å². The number of hydrogen-bond donors (Lipinski definition) is 3. The molecule has 186 valence electrons. The van der Waals surface area contributed by atoms with Gasteiger partial charge in [-0.3, -0.25) is 9.40 Å². The van der Waals surface area contributed by atoms with Crippen LogP contribution >= 0.6 is 11.9 Å². The molecule has 1 unspecified atom stereocenters. The van der Waals surface area contributed by atoms with Gasteiger partial charge in [-0.1, -0.05) is 18.1 Å². The number of benzene rings is 1. The number of aromatic nitrogens is 4. The maximum atomic E-state index is 12.9. The maximum absolute atomic E-state index is 12.9. The predicted octanol–water partition coefficient (Wildman–Crippen LogP) is 3.59. The zero-order chi connectivity index (χ0) is 25.1. The van der Waals surface area contributed by atoms with Gasteiger partial charge in [-0.25, -0.2) is 9.78 Å². The van der Waals surface area contributed by atoms with E-state index in [-0.39, 0.29) is 24.7 Å². The van der Waals surface area contributed by atoms with Gasteiger partial charge in [0.15, 0.2) is 0 Å². The highest BCUT2D eigenvalue weighted by molar-refractivity contribution is 7.97. The van der Waals surface area contributed by atoms with Gasteiger partial charge in [0.05, 0.1) is 18.0 Å². The number of aryl methyl sites for hydroxylation is 1. The molecule has 0 bridgehead atoms. The molecule has 0 saturated carbocycles. The lowest BCUT2D eigenvalue weighted by Crippen LogP contribution is -2.31. The molecule has 36 heavy (non-hydrogen) atoms. The quantitative estimate of drug-likeness (QED) is 0.328. The second-order valence-corrected chi connectivity index (χ2v) is 9.68. The first-order chi connectivity index (χ1) is 17.5. The van der Waals surface area contributed by atoms with E-state index in [9.17, 15) is 9.82 Å². The Hall–Kier alpha value is -3.35. The normalized spacial score (nSPS) is 16.8. The molecule has 1 atom stereocenters. The van der Waals surface area contributed by atoms with E-state index in [0.29, 0.717) is 10.7 Å². The Morgan fingerprint density at radius 1 is 1.31 bits per heavy atom. The van der Waals surface area contributed by atoms with Crippen LogP contribution in [0.1, 0.15) is 37.4 Å². The number of carbonyl (C=O) groups is 1. The molecular formula is C24H27BN6O4S. The van der Waals surface area contributed by atoms with Gasteiger partial charge in [0, 0.05) is 35.9 Å². The maximum Gasteiger partial charge on any atom is 0.483 e. The summed E-state index contributed by atoms with van der Waals surface area (Å²) in [5.41, 5.74) is 4.51. The summed E-state index contributed by atoms with van der Waals surface area (Å²) in [4.78, 5) is 21.7. The van der Waals surface area contributed by atoms with Gasteiger partial charge in [0.1, 0.15) is 11.1 Å². The van der Waals surface area contributed by atoms with Crippen molar-refractivity contribution in [1.82, 2.24) is 24.5 Å². The predicted molar refractivity (Wildman–Crippen MR) is 138 cm³/mol. The Labute approximate surface area is 213 Å². The van der Waals surface area contributed by atoms with Gasteiger partial charge in [0.25, 0.3) is 0 Å². The van der Waals surface area contributed by atoms with E-state index in [1.807, 2.05) is 36.9 Å². The van der Waals surface area contributed by atoms with Crippen LogP contribution in [-0.2, 0) is 17.5 Å². The number of fused-ring (bicyclic) bond motifs is 1. The van der Waals surface area contributed by atoms with Crippen LogP contribution in [0.15, 0.2) is 53.7 Å². The number of ether oxygens (including phenoxy) is 1. The van der Waals surface area contributed by atoms with Crippen LogP contribution < -0.4 is 14.8 Å². The number of carbonyl (C=O) groups excluding carboxylic acids is 1. The van der Waals surface area contributed by atoms with E-state index in [0.717, 1.165) is 36.1 Å². The van der Waals surface area contributed by atoms with E-state index in [1.54, 1.807) is 18.3 Å². The van der Waals surface area contributed by atoms with Crippen molar-refractivity contribution in [2.75, 3.05) is 11.9 Å². The highest BCUT2D eigenvalue weighted by Crippen LogP contribution is 2.37. The van der Waals surface area contributed by atoms with Gasteiger partial charge >= 0.3 is 19.2 Å². The molecule has 2 aliphatic rings. The molecule has 3 N–H and O–H groups in total. The summed E-state index contributed by atoms with van der Waals surface area (Å²) in [6.45, 7) is 4.30. The Bertz CT molecular complexity index is 1280. The zero-order valence-corrected chi connectivity index (χ0v) is 20.9. The summed E-state index contributed by atoms with van der Waals surface area (Å²) < 4.78 is 15.7. The number of urea groups is 1. The van der Waals surface area contributed by atoms with E-state index in [4.69, 9.17) is 9.39 Å². The molecule has 1 aromatic carbocycles.